The van der Waals surface area contributed by atoms with E-state index in [-0.39, 0.29) is 11.7 Å². The quantitative estimate of drug-likeness (QED) is 0.711. The van der Waals surface area contributed by atoms with Gasteiger partial charge in [-0.1, -0.05) is 0 Å². The second-order valence-electron chi connectivity index (χ2n) is 3.26. The summed E-state index contributed by atoms with van der Waals surface area (Å²) in [5.74, 6) is 0.329. The molecule has 5 heteroatoms. The fourth-order valence-corrected chi connectivity index (χ4v) is 1.02. The molecule has 0 aromatic carbocycles. The van der Waals surface area contributed by atoms with Gasteiger partial charge in [-0.25, -0.2) is 4.98 Å². The van der Waals surface area contributed by atoms with Gasteiger partial charge in [-0.05, 0) is 13.3 Å². The third-order valence-corrected chi connectivity index (χ3v) is 1.87. The van der Waals surface area contributed by atoms with Gasteiger partial charge in [0.1, 0.15) is 0 Å². The molecule has 0 amide bonds. The number of nitrogens with zero attached hydrogens (tertiary/aromatic N) is 2. The maximum Gasteiger partial charge on any atom is 0.293 e. The van der Waals surface area contributed by atoms with Gasteiger partial charge in [-0.15, -0.1) is 0 Å². The standard InChI is InChI=1S/C9H15N3O2/c1-7(13)3-4-10-8-9(14)12(2)6-5-11-8/h5-7,13H,3-4H2,1-2H3,(H,10,11). The van der Waals surface area contributed by atoms with Crippen molar-refractivity contribution < 1.29 is 5.11 Å². The van der Waals surface area contributed by atoms with E-state index in [1.54, 1.807) is 26.4 Å². The second-order valence-corrected chi connectivity index (χ2v) is 3.26. The van der Waals surface area contributed by atoms with Crippen LogP contribution in [0.3, 0.4) is 0 Å². The Morgan fingerprint density at radius 3 is 3.07 bits per heavy atom. The van der Waals surface area contributed by atoms with E-state index in [9.17, 15) is 4.79 Å². The number of nitrogens with one attached hydrogen (secondary N) is 1. The molecule has 1 heterocycles. The smallest absolute Gasteiger partial charge is 0.293 e. The fourth-order valence-electron chi connectivity index (χ4n) is 1.02. The van der Waals surface area contributed by atoms with Crippen molar-refractivity contribution in [3.63, 3.8) is 0 Å². The molecule has 5 nitrogen and oxygen atoms in total. The number of aliphatic hydroxyl groups is 1. The first kappa shape index (κ1) is 10.7. The summed E-state index contributed by atoms with van der Waals surface area (Å²) in [7, 11) is 1.67. The summed E-state index contributed by atoms with van der Waals surface area (Å²) in [5.41, 5.74) is -0.155. The van der Waals surface area contributed by atoms with Crippen LogP contribution in [0.1, 0.15) is 13.3 Å². The highest BCUT2D eigenvalue weighted by Gasteiger charge is 2.01. The van der Waals surface area contributed by atoms with Gasteiger partial charge in [-0.2, -0.15) is 0 Å². The molecule has 0 saturated carbocycles. The Kier molecular flexibility index (Phi) is 3.64. The summed E-state index contributed by atoms with van der Waals surface area (Å²) >= 11 is 0. The number of hydrogen-bond donors (Lipinski definition) is 2. The molecule has 14 heavy (non-hydrogen) atoms. The summed E-state index contributed by atoms with van der Waals surface area (Å²) in [6, 6.07) is 0. The average molecular weight is 197 g/mol. The molecule has 1 unspecified atom stereocenters. The van der Waals surface area contributed by atoms with Crippen LogP contribution in [0, 0.1) is 0 Å². The van der Waals surface area contributed by atoms with E-state index in [1.165, 1.54) is 4.57 Å². The lowest BCUT2D eigenvalue weighted by Crippen LogP contribution is -2.23. The molecule has 2 N–H and O–H groups in total. The van der Waals surface area contributed by atoms with Gasteiger partial charge < -0.3 is 15.0 Å². The second kappa shape index (κ2) is 4.76. The summed E-state index contributed by atoms with van der Waals surface area (Å²) in [4.78, 5) is 15.3. The van der Waals surface area contributed by atoms with Crippen molar-refractivity contribution in [3.8, 4) is 0 Å². The zero-order valence-corrected chi connectivity index (χ0v) is 8.40. The summed E-state index contributed by atoms with van der Waals surface area (Å²) in [6.45, 7) is 2.25. The van der Waals surface area contributed by atoms with Crippen LogP contribution in [-0.2, 0) is 7.05 Å². The van der Waals surface area contributed by atoms with Crippen LogP contribution in [0.5, 0.6) is 0 Å². The molecule has 0 radical (unpaired) electrons. The van der Waals surface area contributed by atoms with Gasteiger partial charge in [0.15, 0.2) is 5.82 Å². The topological polar surface area (TPSA) is 67.2 Å². The Balaban J connectivity index is 2.59. The number of aryl methyl sites for hydroxylation is 1. The highest BCUT2D eigenvalue weighted by Crippen LogP contribution is 1.94. The largest absolute Gasteiger partial charge is 0.393 e. The minimum atomic E-state index is -0.366. The third-order valence-electron chi connectivity index (χ3n) is 1.87. The van der Waals surface area contributed by atoms with Crippen molar-refractivity contribution in [1.29, 1.82) is 0 Å². The van der Waals surface area contributed by atoms with Gasteiger partial charge in [-0.3, -0.25) is 4.79 Å². The van der Waals surface area contributed by atoms with Crippen molar-refractivity contribution in [2.75, 3.05) is 11.9 Å². The van der Waals surface area contributed by atoms with E-state index in [4.69, 9.17) is 5.11 Å². The van der Waals surface area contributed by atoms with E-state index in [0.717, 1.165) is 0 Å². The molecular formula is C9H15N3O2. The fraction of sp³-hybridized carbons (Fsp3) is 0.556. The molecule has 0 saturated heterocycles. The Morgan fingerprint density at radius 1 is 1.71 bits per heavy atom. The summed E-state index contributed by atoms with van der Waals surface area (Å²) in [6.07, 6.45) is 3.39. The third kappa shape index (κ3) is 2.85. The average Bonchev–Trinajstić information content (AvgIpc) is 2.12. The van der Waals surface area contributed by atoms with Crippen molar-refractivity contribution in [2.24, 2.45) is 7.05 Å². The number of anilines is 1. The molecule has 0 bridgehead atoms. The molecule has 0 fully saturated rings. The minimum Gasteiger partial charge on any atom is -0.393 e. The predicted molar refractivity (Wildman–Crippen MR) is 54.3 cm³/mol. The summed E-state index contributed by atoms with van der Waals surface area (Å²) < 4.78 is 1.46. The molecular weight excluding hydrogens is 182 g/mol. The monoisotopic (exact) mass is 197 g/mol. The molecule has 0 aliphatic carbocycles. The summed E-state index contributed by atoms with van der Waals surface area (Å²) in [5, 5.41) is 11.9. The maximum absolute atomic E-state index is 11.4. The first-order valence-electron chi connectivity index (χ1n) is 4.55. The van der Waals surface area contributed by atoms with E-state index in [1.807, 2.05) is 0 Å². The number of aliphatic hydroxyl groups excluding tert-OH is 1. The van der Waals surface area contributed by atoms with Crippen molar-refractivity contribution >= 4 is 5.82 Å². The van der Waals surface area contributed by atoms with Gasteiger partial charge in [0.25, 0.3) is 5.56 Å². The van der Waals surface area contributed by atoms with E-state index < -0.39 is 0 Å². The molecule has 1 aromatic heterocycles. The van der Waals surface area contributed by atoms with Crippen molar-refractivity contribution in [1.82, 2.24) is 9.55 Å². The molecule has 0 spiro atoms. The van der Waals surface area contributed by atoms with Crippen molar-refractivity contribution in [3.05, 3.63) is 22.7 Å². The van der Waals surface area contributed by atoms with Crippen LogP contribution in [0.15, 0.2) is 17.2 Å². The van der Waals surface area contributed by atoms with Crippen LogP contribution in [0.2, 0.25) is 0 Å². The number of hydrogen-bond acceptors (Lipinski definition) is 4. The SMILES string of the molecule is CC(O)CCNc1nccn(C)c1=O. The first-order valence-corrected chi connectivity index (χ1v) is 4.55. The van der Waals surface area contributed by atoms with Crippen LogP contribution >= 0.6 is 0 Å². The predicted octanol–water partition coefficient (Wildman–Crippen LogP) is -0.0369. The first-order chi connectivity index (χ1) is 6.61. The number of rotatable bonds is 4. The Morgan fingerprint density at radius 2 is 2.43 bits per heavy atom. The van der Waals surface area contributed by atoms with Gasteiger partial charge in [0.05, 0.1) is 6.10 Å². The molecule has 1 atom stereocenters. The number of aromatic nitrogens is 2. The minimum absolute atomic E-state index is 0.155. The molecule has 78 valence electrons. The lowest BCUT2D eigenvalue weighted by Gasteiger charge is -2.06. The highest BCUT2D eigenvalue weighted by atomic mass is 16.3. The van der Waals surface area contributed by atoms with Crippen LogP contribution in [0.4, 0.5) is 5.82 Å². The van der Waals surface area contributed by atoms with Gasteiger partial charge in [0, 0.05) is 26.0 Å². The Bertz CT molecular complexity index is 346. The van der Waals surface area contributed by atoms with Crippen LogP contribution < -0.4 is 10.9 Å². The lowest BCUT2D eigenvalue weighted by molar-refractivity contribution is 0.188. The van der Waals surface area contributed by atoms with E-state index >= 15 is 0 Å². The molecule has 1 aromatic rings. The normalized spacial score (nSPS) is 12.5. The van der Waals surface area contributed by atoms with Crippen LogP contribution in [0.25, 0.3) is 0 Å². The lowest BCUT2D eigenvalue weighted by atomic mass is 10.3. The zero-order chi connectivity index (χ0) is 10.6. The highest BCUT2D eigenvalue weighted by molar-refractivity contribution is 5.30. The van der Waals surface area contributed by atoms with Crippen molar-refractivity contribution in [2.45, 2.75) is 19.4 Å². The van der Waals surface area contributed by atoms with E-state index in [2.05, 4.69) is 10.3 Å². The van der Waals surface area contributed by atoms with Gasteiger partial charge in [0.2, 0.25) is 0 Å². The molecule has 1 rings (SSSR count). The van der Waals surface area contributed by atoms with Crippen LogP contribution in [-0.4, -0.2) is 27.3 Å². The Labute approximate surface area is 82.4 Å². The molecule has 0 aliphatic rings. The zero-order valence-electron chi connectivity index (χ0n) is 8.40. The van der Waals surface area contributed by atoms with E-state index in [0.29, 0.717) is 18.8 Å². The molecule has 0 aliphatic heterocycles. The maximum atomic E-state index is 11.4. The Hall–Kier alpha value is -1.36. The van der Waals surface area contributed by atoms with Gasteiger partial charge >= 0.3 is 0 Å².